The Morgan fingerprint density at radius 1 is 1.29 bits per heavy atom. The summed E-state index contributed by atoms with van der Waals surface area (Å²) < 4.78 is 5.29. The minimum Gasteiger partial charge on any atom is -0.496 e. The third kappa shape index (κ3) is 2.51. The van der Waals surface area contributed by atoms with Crippen LogP contribution in [0.3, 0.4) is 0 Å². The van der Waals surface area contributed by atoms with Gasteiger partial charge >= 0.3 is 0 Å². The summed E-state index contributed by atoms with van der Waals surface area (Å²) in [6.45, 7) is 1.56. The van der Waals surface area contributed by atoms with E-state index in [2.05, 4.69) is 0 Å². The average Bonchev–Trinajstić information content (AvgIpc) is 2.78. The maximum absolute atomic E-state index is 11.3. The van der Waals surface area contributed by atoms with E-state index in [4.69, 9.17) is 16.3 Å². The first kappa shape index (κ1) is 12.1. The molecule has 2 rings (SSSR count). The minimum atomic E-state index is 0.0715. The zero-order chi connectivity index (χ0) is 12.4. The Labute approximate surface area is 109 Å². The van der Waals surface area contributed by atoms with Crippen molar-refractivity contribution in [1.29, 1.82) is 0 Å². The molecule has 0 bridgehead atoms. The Morgan fingerprint density at radius 2 is 2.06 bits per heavy atom. The molecule has 1 aromatic carbocycles. The smallest absolute Gasteiger partial charge is 0.169 e. The van der Waals surface area contributed by atoms with Crippen molar-refractivity contribution in [2.75, 3.05) is 7.11 Å². The van der Waals surface area contributed by atoms with Crippen molar-refractivity contribution in [3.8, 4) is 16.2 Å². The second-order valence-corrected chi connectivity index (χ2v) is 5.08. The molecule has 17 heavy (non-hydrogen) atoms. The van der Waals surface area contributed by atoms with Gasteiger partial charge in [0.25, 0.3) is 0 Å². The van der Waals surface area contributed by atoms with Crippen LogP contribution in [0.5, 0.6) is 5.75 Å². The van der Waals surface area contributed by atoms with Crippen LogP contribution >= 0.6 is 22.9 Å². The molecule has 1 aromatic heterocycles. The number of Topliss-reactive ketones (excluding diaryl/α,β-unsaturated/α-hetero) is 1. The maximum atomic E-state index is 11.3. The molecule has 0 saturated carbocycles. The highest BCUT2D eigenvalue weighted by molar-refractivity contribution is 7.17. The standard InChI is InChI=1S/C13H11ClO2S/c1-8(15)12-5-6-13(17-12)10-7-9(14)3-4-11(10)16-2/h3-7H,1-2H3. The lowest BCUT2D eigenvalue weighted by molar-refractivity contribution is 0.102. The fraction of sp³-hybridized carbons (Fsp3) is 0.154. The van der Waals surface area contributed by atoms with Crippen LogP contribution in [0, 0.1) is 0 Å². The number of ether oxygens (including phenoxy) is 1. The number of hydrogen-bond donors (Lipinski definition) is 0. The SMILES string of the molecule is COc1ccc(Cl)cc1-c1ccc(C(C)=O)s1. The zero-order valence-electron chi connectivity index (χ0n) is 9.49. The number of thiophene rings is 1. The van der Waals surface area contributed by atoms with Crippen LogP contribution in [0.1, 0.15) is 16.6 Å². The summed E-state index contributed by atoms with van der Waals surface area (Å²) in [5.74, 6) is 0.827. The number of benzene rings is 1. The minimum absolute atomic E-state index is 0.0715. The van der Waals surface area contributed by atoms with Gasteiger partial charge in [0.15, 0.2) is 5.78 Å². The summed E-state index contributed by atoms with van der Waals surface area (Å²) in [6, 6.07) is 9.18. The van der Waals surface area contributed by atoms with Gasteiger partial charge in [0, 0.05) is 15.5 Å². The van der Waals surface area contributed by atoms with Gasteiger partial charge in [-0.2, -0.15) is 0 Å². The molecule has 88 valence electrons. The molecule has 0 N–H and O–H groups in total. The Bertz CT molecular complexity index is 560. The van der Waals surface area contributed by atoms with E-state index in [9.17, 15) is 4.79 Å². The van der Waals surface area contributed by atoms with Crippen LogP contribution in [0.15, 0.2) is 30.3 Å². The molecule has 0 radical (unpaired) electrons. The summed E-state index contributed by atoms with van der Waals surface area (Å²) in [7, 11) is 1.62. The van der Waals surface area contributed by atoms with E-state index in [0.717, 1.165) is 21.1 Å². The van der Waals surface area contributed by atoms with Crippen LogP contribution in [-0.2, 0) is 0 Å². The van der Waals surface area contributed by atoms with E-state index in [0.29, 0.717) is 5.02 Å². The number of ketones is 1. The Balaban J connectivity index is 2.51. The molecule has 0 unspecified atom stereocenters. The molecular weight excluding hydrogens is 256 g/mol. The van der Waals surface area contributed by atoms with Crippen molar-refractivity contribution >= 4 is 28.7 Å². The van der Waals surface area contributed by atoms with Gasteiger partial charge in [-0.15, -0.1) is 11.3 Å². The predicted octanol–water partition coefficient (Wildman–Crippen LogP) is 4.28. The van der Waals surface area contributed by atoms with Gasteiger partial charge in [0.05, 0.1) is 12.0 Å². The Kier molecular flexibility index (Phi) is 3.50. The summed E-state index contributed by atoms with van der Waals surface area (Å²) in [5.41, 5.74) is 0.914. The molecule has 0 aliphatic carbocycles. The molecule has 0 saturated heterocycles. The number of carbonyl (C=O) groups excluding carboxylic acids is 1. The second kappa shape index (κ2) is 4.90. The summed E-state index contributed by atoms with van der Waals surface area (Å²) in [5, 5.41) is 0.651. The third-order valence-electron chi connectivity index (χ3n) is 2.38. The summed E-state index contributed by atoms with van der Waals surface area (Å²) in [6.07, 6.45) is 0. The van der Waals surface area contributed by atoms with E-state index >= 15 is 0 Å². The van der Waals surface area contributed by atoms with Gasteiger partial charge in [-0.25, -0.2) is 0 Å². The molecule has 2 nitrogen and oxygen atoms in total. The van der Waals surface area contributed by atoms with E-state index in [1.807, 2.05) is 24.3 Å². The van der Waals surface area contributed by atoms with E-state index in [1.165, 1.54) is 11.3 Å². The predicted molar refractivity (Wildman–Crippen MR) is 71.3 cm³/mol. The fourth-order valence-corrected chi connectivity index (χ4v) is 2.64. The Morgan fingerprint density at radius 3 is 2.65 bits per heavy atom. The molecule has 0 fully saturated rings. The van der Waals surface area contributed by atoms with E-state index in [-0.39, 0.29) is 5.78 Å². The number of carbonyl (C=O) groups is 1. The lowest BCUT2D eigenvalue weighted by atomic mass is 10.1. The van der Waals surface area contributed by atoms with Crippen molar-refractivity contribution in [2.45, 2.75) is 6.92 Å². The van der Waals surface area contributed by atoms with Crippen molar-refractivity contribution in [3.05, 3.63) is 40.2 Å². The highest BCUT2D eigenvalue weighted by Crippen LogP contribution is 2.36. The van der Waals surface area contributed by atoms with Crippen LogP contribution in [-0.4, -0.2) is 12.9 Å². The molecule has 0 aliphatic rings. The number of halogens is 1. The van der Waals surface area contributed by atoms with E-state index in [1.54, 1.807) is 20.1 Å². The van der Waals surface area contributed by atoms with Crippen LogP contribution in [0.4, 0.5) is 0 Å². The molecule has 0 amide bonds. The molecule has 4 heteroatoms. The highest BCUT2D eigenvalue weighted by Gasteiger charge is 2.11. The second-order valence-electron chi connectivity index (χ2n) is 3.56. The third-order valence-corrected chi connectivity index (χ3v) is 3.83. The van der Waals surface area contributed by atoms with Gasteiger partial charge in [0.1, 0.15) is 5.75 Å². The lowest BCUT2D eigenvalue weighted by Gasteiger charge is -2.06. The van der Waals surface area contributed by atoms with Crippen LogP contribution in [0.2, 0.25) is 5.02 Å². The largest absolute Gasteiger partial charge is 0.496 e. The molecule has 1 heterocycles. The van der Waals surface area contributed by atoms with E-state index < -0.39 is 0 Å². The Hall–Kier alpha value is -1.32. The van der Waals surface area contributed by atoms with Gasteiger partial charge in [-0.05, 0) is 37.3 Å². The van der Waals surface area contributed by atoms with Crippen molar-refractivity contribution in [3.63, 3.8) is 0 Å². The molecular formula is C13H11ClO2S. The van der Waals surface area contributed by atoms with Gasteiger partial charge in [-0.1, -0.05) is 11.6 Å². The van der Waals surface area contributed by atoms with Gasteiger partial charge in [0.2, 0.25) is 0 Å². The topological polar surface area (TPSA) is 26.3 Å². The first-order valence-corrected chi connectivity index (χ1v) is 6.26. The van der Waals surface area contributed by atoms with Crippen LogP contribution < -0.4 is 4.74 Å². The number of rotatable bonds is 3. The normalized spacial score (nSPS) is 10.3. The van der Waals surface area contributed by atoms with Crippen molar-refractivity contribution < 1.29 is 9.53 Å². The highest BCUT2D eigenvalue weighted by atomic mass is 35.5. The van der Waals surface area contributed by atoms with Gasteiger partial charge in [-0.3, -0.25) is 4.79 Å². The number of methoxy groups -OCH3 is 1. The molecule has 0 spiro atoms. The van der Waals surface area contributed by atoms with Crippen molar-refractivity contribution in [1.82, 2.24) is 0 Å². The monoisotopic (exact) mass is 266 g/mol. The quantitative estimate of drug-likeness (QED) is 0.775. The van der Waals surface area contributed by atoms with Crippen molar-refractivity contribution in [2.24, 2.45) is 0 Å². The maximum Gasteiger partial charge on any atom is 0.169 e. The molecule has 2 aromatic rings. The van der Waals surface area contributed by atoms with Gasteiger partial charge < -0.3 is 4.74 Å². The summed E-state index contributed by atoms with van der Waals surface area (Å²) >= 11 is 7.42. The first-order chi connectivity index (χ1) is 8.11. The lowest BCUT2D eigenvalue weighted by Crippen LogP contribution is -1.86. The molecule has 0 atom stereocenters. The first-order valence-electron chi connectivity index (χ1n) is 5.06. The molecule has 0 aliphatic heterocycles. The summed E-state index contributed by atoms with van der Waals surface area (Å²) in [4.78, 5) is 13.0. The zero-order valence-corrected chi connectivity index (χ0v) is 11.1. The fourth-order valence-electron chi connectivity index (χ4n) is 1.54. The number of hydrogen-bond acceptors (Lipinski definition) is 3. The average molecular weight is 267 g/mol. The van der Waals surface area contributed by atoms with Crippen LogP contribution in [0.25, 0.3) is 10.4 Å².